The van der Waals surface area contributed by atoms with Crippen LogP contribution in [0.25, 0.3) is 0 Å². The van der Waals surface area contributed by atoms with Gasteiger partial charge in [0.15, 0.2) is 0 Å². The molecule has 0 saturated carbocycles. The van der Waals surface area contributed by atoms with Gasteiger partial charge in [-0.2, -0.15) is 0 Å². The zero-order valence-electron chi connectivity index (χ0n) is 12.1. The van der Waals surface area contributed by atoms with E-state index in [-0.39, 0.29) is 0 Å². The van der Waals surface area contributed by atoms with Gasteiger partial charge in [-0.15, -0.1) is 0 Å². The Morgan fingerprint density at radius 1 is 1.14 bits per heavy atom. The van der Waals surface area contributed by atoms with Gasteiger partial charge in [-0.1, -0.05) is 39.7 Å². The number of hydrogen-bond donors (Lipinski definition) is 1. The van der Waals surface area contributed by atoms with E-state index in [1.54, 1.807) is 7.11 Å². The third-order valence-corrected chi connectivity index (χ3v) is 4.35. The predicted molar refractivity (Wildman–Crippen MR) is 90.2 cm³/mol. The van der Waals surface area contributed by atoms with E-state index in [1.807, 2.05) is 49.4 Å². The fraction of sp³-hybridized carbons (Fsp3) is 0.294. The molecule has 4 heteroatoms. The number of aliphatic hydroxyl groups is 1. The SMILES string of the molecule is COc1ccc(Br)c(CC(C)(O)Cc2ccc(Cl)cc2)c1. The first-order valence-corrected chi connectivity index (χ1v) is 7.86. The van der Waals surface area contributed by atoms with E-state index in [2.05, 4.69) is 15.9 Å². The van der Waals surface area contributed by atoms with E-state index >= 15 is 0 Å². The summed E-state index contributed by atoms with van der Waals surface area (Å²) < 4.78 is 6.21. The highest BCUT2D eigenvalue weighted by atomic mass is 79.9. The Bertz CT molecular complexity index is 609. The van der Waals surface area contributed by atoms with Crippen molar-refractivity contribution in [3.63, 3.8) is 0 Å². The third kappa shape index (κ3) is 4.73. The number of halogens is 2. The lowest BCUT2D eigenvalue weighted by molar-refractivity contribution is 0.0606. The van der Waals surface area contributed by atoms with Crippen molar-refractivity contribution in [1.29, 1.82) is 0 Å². The number of ether oxygens (including phenoxy) is 1. The van der Waals surface area contributed by atoms with Crippen molar-refractivity contribution >= 4 is 27.5 Å². The highest BCUT2D eigenvalue weighted by molar-refractivity contribution is 9.10. The first-order valence-electron chi connectivity index (χ1n) is 6.69. The fourth-order valence-corrected chi connectivity index (χ4v) is 2.84. The summed E-state index contributed by atoms with van der Waals surface area (Å²) in [6.45, 7) is 1.84. The normalized spacial score (nSPS) is 13.8. The van der Waals surface area contributed by atoms with Crippen LogP contribution < -0.4 is 4.74 Å². The van der Waals surface area contributed by atoms with Crippen molar-refractivity contribution in [2.45, 2.75) is 25.4 Å². The molecule has 112 valence electrons. The second-order valence-electron chi connectivity index (χ2n) is 5.43. The quantitative estimate of drug-likeness (QED) is 0.831. The maximum Gasteiger partial charge on any atom is 0.119 e. The number of rotatable bonds is 5. The van der Waals surface area contributed by atoms with Gasteiger partial charge in [0.05, 0.1) is 12.7 Å². The molecule has 2 rings (SSSR count). The largest absolute Gasteiger partial charge is 0.497 e. The first-order chi connectivity index (χ1) is 9.89. The minimum atomic E-state index is -0.845. The molecule has 0 radical (unpaired) electrons. The van der Waals surface area contributed by atoms with Crippen molar-refractivity contribution in [1.82, 2.24) is 0 Å². The van der Waals surface area contributed by atoms with E-state index in [1.165, 1.54) is 0 Å². The van der Waals surface area contributed by atoms with Crippen LogP contribution in [0.3, 0.4) is 0 Å². The highest BCUT2D eigenvalue weighted by Gasteiger charge is 2.23. The summed E-state index contributed by atoms with van der Waals surface area (Å²) >= 11 is 9.41. The molecule has 2 aromatic carbocycles. The van der Waals surface area contributed by atoms with Crippen LogP contribution in [0.5, 0.6) is 5.75 Å². The van der Waals surface area contributed by atoms with Gasteiger partial charge in [-0.05, 0) is 48.4 Å². The molecule has 0 heterocycles. The minimum Gasteiger partial charge on any atom is -0.497 e. The van der Waals surface area contributed by atoms with Gasteiger partial charge in [0.2, 0.25) is 0 Å². The topological polar surface area (TPSA) is 29.5 Å². The maximum absolute atomic E-state index is 10.7. The van der Waals surface area contributed by atoms with Crippen LogP contribution in [-0.4, -0.2) is 17.8 Å². The Morgan fingerprint density at radius 3 is 2.43 bits per heavy atom. The van der Waals surface area contributed by atoms with Crippen molar-refractivity contribution in [3.05, 3.63) is 63.1 Å². The van der Waals surface area contributed by atoms with Crippen LogP contribution >= 0.6 is 27.5 Å². The summed E-state index contributed by atoms with van der Waals surface area (Å²) in [7, 11) is 1.64. The lowest BCUT2D eigenvalue weighted by Crippen LogP contribution is -2.30. The number of benzene rings is 2. The molecular weight excluding hydrogens is 352 g/mol. The van der Waals surface area contributed by atoms with Crippen LogP contribution in [-0.2, 0) is 12.8 Å². The van der Waals surface area contributed by atoms with Gasteiger partial charge in [0.1, 0.15) is 5.75 Å². The van der Waals surface area contributed by atoms with Crippen molar-refractivity contribution in [2.75, 3.05) is 7.11 Å². The molecule has 0 aromatic heterocycles. The fourth-order valence-electron chi connectivity index (χ4n) is 2.33. The molecule has 0 spiro atoms. The Morgan fingerprint density at radius 2 is 1.81 bits per heavy atom. The van der Waals surface area contributed by atoms with Gasteiger partial charge in [0, 0.05) is 22.3 Å². The molecule has 1 unspecified atom stereocenters. The second-order valence-corrected chi connectivity index (χ2v) is 6.73. The van der Waals surface area contributed by atoms with Crippen LogP contribution in [0.2, 0.25) is 5.02 Å². The summed E-state index contributed by atoms with van der Waals surface area (Å²) in [5.74, 6) is 0.787. The minimum absolute atomic E-state index is 0.535. The van der Waals surface area contributed by atoms with Crippen LogP contribution in [0.1, 0.15) is 18.1 Å². The Labute approximate surface area is 138 Å². The highest BCUT2D eigenvalue weighted by Crippen LogP contribution is 2.28. The molecule has 1 atom stereocenters. The lowest BCUT2D eigenvalue weighted by Gasteiger charge is -2.24. The molecule has 0 fully saturated rings. The zero-order chi connectivity index (χ0) is 15.5. The van der Waals surface area contributed by atoms with Gasteiger partial charge < -0.3 is 9.84 Å². The first kappa shape index (κ1) is 16.3. The van der Waals surface area contributed by atoms with Gasteiger partial charge in [0.25, 0.3) is 0 Å². The van der Waals surface area contributed by atoms with Gasteiger partial charge >= 0.3 is 0 Å². The Balaban J connectivity index is 2.15. The smallest absolute Gasteiger partial charge is 0.119 e. The summed E-state index contributed by atoms with van der Waals surface area (Å²) in [4.78, 5) is 0. The molecule has 0 saturated heterocycles. The molecule has 0 amide bonds. The molecule has 0 aliphatic rings. The van der Waals surface area contributed by atoms with Crippen LogP contribution in [0.4, 0.5) is 0 Å². The van der Waals surface area contributed by atoms with Gasteiger partial charge in [-0.25, -0.2) is 0 Å². The standard InChI is InChI=1S/C17H18BrClO2/c1-17(20,10-12-3-5-14(19)6-4-12)11-13-9-15(21-2)7-8-16(13)18/h3-9,20H,10-11H2,1-2H3. The molecule has 0 aliphatic carbocycles. The third-order valence-electron chi connectivity index (χ3n) is 3.32. The maximum atomic E-state index is 10.7. The van der Waals surface area contributed by atoms with Crippen molar-refractivity contribution < 1.29 is 9.84 Å². The van der Waals surface area contributed by atoms with Crippen molar-refractivity contribution in [3.8, 4) is 5.75 Å². The molecule has 0 bridgehead atoms. The van der Waals surface area contributed by atoms with E-state index in [9.17, 15) is 5.11 Å². The van der Waals surface area contributed by atoms with Crippen molar-refractivity contribution in [2.24, 2.45) is 0 Å². The molecule has 0 aliphatic heterocycles. The monoisotopic (exact) mass is 368 g/mol. The van der Waals surface area contributed by atoms with E-state index < -0.39 is 5.60 Å². The van der Waals surface area contributed by atoms with Gasteiger partial charge in [-0.3, -0.25) is 0 Å². The average molecular weight is 370 g/mol. The van der Waals surface area contributed by atoms with Crippen LogP contribution in [0, 0.1) is 0 Å². The number of hydrogen-bond acceptors (Lipinski definition) is 2. The molecule has 2 aromatic rings. The molecule has 2 nitrogen and oxygen atoms in total. The summed E-state index contributed by atoms with van der Waals surface area (Å²) in [5, 5.41) is 11.4. The van der Waals surface area contributed by atoms with E-state index in [0.29, 0.717) is 17.9 Å². The Hall–Kier alpha value is -1.03. The van der Waals surface area contributed by atoms with E-state index in [4.69, 9.17) is 16.3 Å². The summed E-state index contributed by atoms with van der Waals surface area (Å²) in [6.07, 6.45) is 1.10. The predicted octanol–water partition coefficient (Wildman–Crippen LogP) is 4.65. The average Bonchev–Trinajstić information content (AvgIpc) is 2.43. The second kappa shape index (κ2) is 6.82. The summed E-state index contributed by atoms with van der Waals surface area (Å²) in [5.41, 5.74) is 1.24. The van der Waals surface area contributed by atoms with E-state index in [0.717, 1.165) is 21.3 Å². The summed E-state index contributed by atoms with van der Waals surface area (Å²) in [6, 6.07) is 13.3. The zero-order valence-corrected chi connectivity index (χ0v) is 14.4. The molecular formula is C17H18BrClO2. The molecule has 1 N–H and O–H groups in total. The Kier molecular flexibility index (Phi) is 5.31. The van der Waals surface area contributed by atoms with Crippen LogP contribution in [0.15, 0.2) is 46.9 Å². The number of methoxy groups -OCH3 is 1. The lowest BCUT2D eigenvalue weighted by atomic mass is 9.90. The molecule has 21 heavy (non-hydrogen) atoms.